The van der Waals surface area contributed by atoms with Crippen molar-refractivity contribution in [2.75, 3.05) is 13.2 Å². The van der Waals surface area contributed by atoms with E-state index < -0.39 is 6.10 Å². The van der Waals surface area contributed by atoms with Crippen LogP contribution < -0.4 is 9.47 Å². The van der Waals surface area contributed by atoms with Gasteiger partial charge in [-0.25, -0.2) is 0 Å². The maximum atomic E-state index is 10.5. The number of fused-ring (bicyclic) bond motifs is 1. The Bertz CT molecular complexity index is 595. The van der Waals surface area contributed by atoms with E-state index in [1.165, 1.54) is 0 Å². The molecule has 4 heteroatoms. The van der Waals surface area contributed by atoms with Crippen LogP contribution in [-0.2, 0) is 6.42 Å². The Morgan fingerprint density at radius 2 is 1.80 bits per heavy atom. The molecule has 1 atom stereocenters. The van der Waals surface area contributed by atoms with Gasteiger partial charge in [0.05, 0.1) is 6.10 Å². The highest BCUT2D eigenvalue weighted by Gasteiger charge is 2.20. The second-order valence-corrected chi connectivity index (χ2v) is 5.63. The molecule has 104 valence electrons. The van der Waals surface area contributed by atoms with Gasteiger partial charge >= 0.3 is 0 Å². The van der Waals surface area contributed by atoms with Crippen LogP contribution in [0.2, 0.25) is 0 Å². The third kappa shape index (κ3) is 2.81. The minimum atomic E-state index is -0.604. The minimum absolute atomic E-state index is 0.523. The summed E-state index contributed by atoms with van der Waals surface area (Å²) in [5.41, 5.74) is 1.86. The van der Waals surface area contributed by atoms with Crippen LogP contribution in [0, 0.1) is 0 Å². The third-order valence-corrected chi connectivity index (χ3v) is 3.83. The van der Waals surface area contributed by atoms with Crippen LogP contribution in [0.25, 0.3) is 0 Å². The average molecular weight is 335 g/mol. The molecule has 1 unspecified atom stereocenters. The van der Waals surface area contributed by atoms with Gasteiger partial charge in [-0.15, -0.1) is 0 Å². The number of benzene rings is 2. The van der Waals surface area contributed by atoms with Gasteiger partial charge in [-0.1, -0.05) is 40.2 Å². The van der Waals surface area contributed by atoms with Gasteiger partial charge in [-0.05, 0) is 23.8 Å². The normalized spacial score (nSPS) is 14.9. The second kappa shape index (κ2) is 5.85. The van der Waals surface area contributed by atoms with Gasteiger partial charge in [0, 0.05) is 16.5 Å². The highest BCUT2D eigenvalue weighted by Crippen LogP contribution is 2.37. The van der Waals surface area contributed by atoms with E-state index in [4.69, 9.17) is 9.47 Å². The predicted octanol–water partition coefficient (Wildman–Crippen LogP) is 3.50. The van der Waals surface area contributed by atoms with E-state index in [0.29, 0.717) is 31.1 Å². The highest BCUT2D eigenvalue weighted by molar-refractivity contribution is 9.10. The summed E-state index contributed by atoms with van der Waals surface area (Å²) < 4.78 is 12.2. The molecule has 0 amide bonds. The summed E-state index contributed by atoms with van der Waals surface area (Å²) in [6.07, 6.45) is -0.0552. The van der Waals surface area contributed by atoms with Crippen LogP contribution in [0.3, 0.4) is 0 Å². The largest absolute Gasteiger partial charge is 0.486 e. The first-order chi connectivity index (χ1) is 9.74. The van der Waals surface area contributed by atoms with Gasteiger partial charge in [-0.3, -0.25) is 0 Å². The maximum Gasteiger partial charge on any atom is 0.167 e. The molecule has 0 spiro atoms. The van der Waals surface area contributed by atoms with Crippen molar-refractivity contribution >= 4 is 15.9 Å². The summed E-state index contributed by atoms with van der Waals surface area (Å²) in [5, 5.41) is 10.5. The fourth-order valence-electron chi connectivity index (χ4n) is 2.31. The molecule has 0 saturated heterocycles. The Kier molecular flexibility index (Phi) is 3.94. The lowest BCUT2D eigenvalue weighted by atomic mass is 10.00. The van der Waals surface area contributed by atoms with Crippen molar-refractivity contribution in [3.8, 4) is 11.5 Å². The van der Waals surface area contributed by atoms with Gasteiger partial charge in [0.2, 0.25) is 0 Å². The summed E-state index contributed by atoms with van der Waals surface area (Å²) in [7, 11) is 0. The van der Waals surface area contributed by atoms with Crippen LogP contribution in [0.5, 0.6) is 11.5 Å². The molecule has 0 aromatic heterocycles. The Hall–Kier alpha value is -1.52. The van der Waals surface area contributed by atoms with Crippen LogP contribution >= 0.6 is 15.9 Å². The van der Waals surface area contributed by atoms with Crippen molar-refractivity contribution in [1.82, 2.24) is 0 Å². The fourth-order valence-corrected chi connectivity index (χ4v) is 2.58. The number of hydrogen-bond donors (Lipinski definition) is 1. The third-order valence-electron chi connectivity index (χ3n) is 3.30. The molecule has 0 radical (unpaired) electrons. The van der Waals surface area contributed by atoms with Gasteiger partial charge in [-0.2, -0.15) is 0 Å². The fraction of sp³-hybridized carbons (Fsp3) is 0.250. The molecule has 1 aliphatic rings. The first-order valence-corrected chi connectivity index (χ1v) is 7.34. The van der Waals surface area contributed by atoms with E-state index in [1.807, 2.05) is 42.5 Å². The van der Waals surface area contributed by atoms with E-state index in [2.05, 4.69) is 15.9 Å². The first-order valence-electron chi connectivity index (χ1n) is 6.55. The number of para-hydroxylation sites is 1. The highest BCUT2D eigenvalue weighted by atomic mass is 79.9. The van der Waals surface area contributed by atoms with Crippen molar-refractivity contribution in [3.05, 3.63) is 58.1 Å². The molecule has 3 rings (SSSR count). The van der Waals surface area contributed by atoms with Gasteiger partial charge in [0.1, 0.15) is 13.2 Å². The Morgan fingerprint density at radius 3 is 2.60 bits per heavy atom. The van der Waals surface area contributed by atoms with Crippen LogP contribution in [0.1, 0.15) is 17.2 Å². The van der Waals surface area contributed by atoms with Crippen LogP contribution in [-0.4, -0.2) is 18.3 Å². The molecular weight excluding hydrogens is 320 g/mol. The summed E-state index contributed by atoms with van der Waals surface area (Å²) in [5.74, 6) is 1.38. The zero-order valence-electron chi connectivity index (χ0n) is 10.9. The minimum Gasteiger partial charge on any atom is -0.486 e. The topological polar surface area (TPSA) is 38.7 Å². The Balaban J connectivity index is 1.83. The smallest absolute Gasteiger partial charge is 0.167 e. The number of aliphatic hydroxyl groups excluding tert-OH is 1. The average Bonchev–Trinajstić information content (AvgIpc) is 2.49. The lowest BCUT2D eigenvalue weighted by molar-refractivity contribution is 0.146. The van der Waals surface area contributed by atoms with Crippen molar-refractivity contribution in [3.63, 3.8) is 0 Å². The van der Waals surface area contributed by atoms with Crippen molar-refractivity contribution in [2.45, 2.75) is 12.5 Å². The van der Waals surface area contributed by atoms with E-state index in [9.17, 15) is 5.11 Å². The number of aliphatic hydroxyl groups is 1. The van der Waals surface area contributed by atoms with E-state index in [0.717, 1.165) is 15.6 Å². The van der Waals surface area contributed by atoms with Gasteiger partial charge in [0.15, 0.2) is 11.5 Å². The molecule has 3 nitrogen and oxygen atoms in total. The number of halogens is 1. The molecular formula is C16H15BrO3. The zero-order chi connectivity index (χ0) is 13.9. The molecule has 2 aromatic carbocycles. The van der Waals surface area contributed by atoms with E-state index in [-0.39, 0.29) is 0 Å². The summed E-state index contributed by atoms with van der Waals surface area (Å²) >= 11 is 3.41. The van der Waals surface area contributed by atoms with Crippen LogP contribution in [0.4, 0.5) is 0 Å². The molecule has 0 bridgehead atoms. The maximum absolute atomic E-state index is 10.5. The Morgan fingerprint density at radius 1 is 1.05 bits per heavy atom. The monoisotopic (exact) mass is 334 g/mol. The van der Waals surface area contributed by atoms with Gasteiger partial charge in [0.25, 0.3) is 0 Å². The number of hydrogen-bond acceptors (Lipinski definition) is 3. The molecule has 1 N–H and O–H groups in total. The lowest BCUT2D eigenvalue weighted by Crippen LogP contribution is -2.17. The SMILES string of the molecule is OC(Cc1ccc(Br)cc1)c1cccc2c1OCCO2. The molecule has 0 aliphatic carbocycles. The standard InChI is InChI=1S/C16H15BrO3/c17-12-6-4-11(5-7-12)10-14(18)13-2-1-3-15-16(13)20-9-8-19-15/h1-7,14,18H,8-10H2. The summed E-state index contributed by atoms with van der Waals surface area (Å²) in [6, 6.07) is 13.6. The predicted molar refractivity (Wildman–Crippen MR) is 80.2 cm³/mol. The molecule has 20 heavy (non-hydrogen) atoms. The molecule has 0 fully saturated rings. The molecule has 2 aromatic rings. The molecule has 0 saturated carbocycles. The quantitative estimate of drug-likeness (QED) is 0.933. The van der Waals surface area contributed by atoms with Crippen molar-refractivity contribution in [2.24, 2.45) is 0 Å². The van der Waals surface area contributed by atoms with Crippen molar-refractivity contribution in [1.29, 1.82) is 0 Å². The first kappa shape index (κ1) is 13.5. The summed E-state index contributed by atoms with van der Waals surface area (Å²) in [4.78, 5) is 0. The zero-order valence-corrected chi connectivity index (χ0v) is 12.5. The molecule has 1 heterocycles. The molecule has 1 aliphatic heterocycles. The second-order valence-electron chi connectivity index (χ2n) is 4.72. The number of ether oxygens (including phenoxy) is 2. The lowest BCUT2D eigenvalue weighted by Gasteiger charge is -2.23. The summed E-state index contributed by atoms with van der Waals surface area (Å²) in [6.45, 7) is 1.08. The Labute approximate surface area is 126 Å². The van der Waals surface area contributed by atoms with E-state index >= 15 is 0 Å². The van der Waals surface area contributed by atoms with Gasteiger partial charge < -0.3 is 14.6 Å². The van der Waals surface area contributed by atoms with Crippen molar-refractivity contribution < 1.29 is 14.6 Å². The number of rotatable bonds is 3. The van der Waals surface area contributed by atoms with Crippen LogP contribution in [0.15, 0.2) is 46.9 Å². The van der Waals surface area contributed by atoms with E-state index in [1.54, 1.807) is 0 Å².